The number of fused-ring (bicyclic) bond motifs is 1. The van der Waals surface area contributed by atoms with Crippen molar-refractivity contribution in [3.63, 3.8) is 0 Å². The Morgan fingerprint density at radius 2 is 0.929 bits per heavy atom. The predicted molar refractivity (Wildman–Crippen MR) is 42.5 cm³/mol. The molecule has 1 saturated carbocycles. The van der Waals surface area contributed by atoms with Gasteiger partial charge in [0.15, 0.2) is 11.7 Å². The summed E-state index contributed by atoms with van der Waals surface area (Å²) in [6.07, 6.45) is 0. The fourth-order valence-electron chi connectivity index (χ4n) is 1.62. The van der Waals surface area contributed by atoms with Crippen LogP contribution in [0.4, 0.5) is 26.3 Å². The maximum absolute atomic E-state index is 13.2. The molecule has 0 bridgehead atoms. The molecule has 1 fully saturated rings. The molecule has 4 atom stereocenters. The molecule has 0 aliphatic heterocycles. The molecule has 2 unspecified atom stereocenters. The lowest BCUT2D eigenvalue weighted by Gasteiger charge is -2.64. The number of hydrogen-bond acceptors (Lipinski definition) is 0. The second-order valence-corrected chi connectivity index (χ2v) is 5.28. The average molecular weight is 346 g/mol. The molecular weight excluding hydrogens is 346 g/mol. The number of allylic oxidation sites excluding steroid dienone is 2. The van der Waals surface area contributed by atoms with Gasteiger partial charge in [-0.1, -0.05) is 0 Å². The molecule has 0 N–H and O–H groups in total. The van der Waals surface area contributed by atoms with Crippen LogP contribution in [0.1, 0.15) is 0 Å². The Morgan fingerprint density at radius 3 is 1.14 bits per heavy atom. The highest BCUT2D eigenvalue weighted by atomic mass is 79.9. The van der Waals surface area contributed by atoms with Gasteiger partial charge in [0.2, 0.25) is 0 Å². The molecule has 2 aliphatic carbocycles. The van der Waals surface area contributed by atoms with E-state index in [0.717, 1.165) is 0 Å². The zero-order valence-electron chi connectivity index (χ0n) is 6.02. The number of alkyl halides is 6. The Hall–Kier alpha value is 0.280. The van der Waals surface area contributed by atoms with Gasteiger partial charge in [0, 0.05) is 0 Å². The summed E-state index contributed by atoms with van der Waals surface area (Å²) in [5.74, 6) is -4.51. The van der Waals surface area contributed by atoms with Gasteiger partial charge in [-0.2, -0.15) is 0 Å². The van der Waals surface area contributed by atoms with Crippen molar-refractivity contribution in [2.75, 3.05) is 0 Å². The van der Waals surface area contributed by atoms with Crippen LogP contribution in [-0.4, -0.2) is 20.5 Å². The molecule has 2 aliphatic rings. The molecule has 0 amide bonds. The quantitative estimate of drug-likeness (QED) is 0.464. The average Bonchev–Trinajstić information content (AvgIpc) is 2.11. The van der Waals surface area contributed by atoms with E-state index in [-0.39, 0.29) is 0 Å². The van der Waals surface area contributed by atoms with E-state index in [2.05, 4.69) is 0 Å². The lowest BCUT2D eigenvalue weighted by atomic mass is 9.55. The smallest absolute Gasteiger partial charge is 0.227 e. The van der Waals surface area contributed by atoms with E-state index in [4.69, 9.17) is 0 Å². The highest BCUT2D eigenvalue weighted by Crippen LogP contribution is 2.81. The van der Waals surface area contributed by atoms with Crippen LogP contribution < -0.4 is 0 Å². The number of rotatable bonds is 0. The van der Waals surface area contributed by atoms with Crippen molar-refractivity contribution >= 4 is 31.9 Å². The van der Waals surface area contributed by atoms with Crippen LogP contribution >= 0.6 is 31.9 Å². The first-order valence-electron chi connectivity index (χ1n) is 3.26. The van der Waals surface area contributed by atoms with Crippen LogP contribution in [0, 0.1) is 0 Å². The largest absolute Gasteiger partial charge is 0.256 e. The van der Waals surface area contributed by atoms with Crippen molar-refractivity contribution in [1.82, 2.24) is 0 Å². The molecule has 80 valence electrons. The van der Waals surface area contributed by atoms with E-state index in [0.29, 0.717) is 0 Å². The van der Waals surface area contributed by atoms with Gasteiger partial charge in [-0.15, -0.1) is 0 Å². The van der Waals surface area contributed by atoms with Gasteiger partial charge in [0.05, 0.1) is 0 Å². The lowest BCUT2D eigenvalue weighted by Crippen LogP contribution is -2.89. The molecule has 0 radical (unpaired) electrons. The van der Waals surface area contributed by atoms with E-state index >= 15 is 0 Å². The summed E-state index contributed by atoms with van der Waals surface area (Å²) >= 11 is 3.72. The minimum absolute atomic E-state index is 1.86. The minimum Gasteiger partial charge on any atom is -0.227 e. The molecule has 0 nitrogen and oxygen atoms in total. The highest BCUT2D eigenvalue weighted by Gasteiger charge is 3.02. The molecule has 0 aromatic rings. The predicted octanol–water partition coefficient (Wildman–Crippen LogP) is 3.70. The first kappa shape index (κ1) is 10.8. The standard InChI is InChI=1S/C6Br2F6/c7-5(13)3(11)1(9)2(10)4(3,12)6(5,8)14/t3?,4?,5-,6+. The van der Waals surface area contributed by atoms with Crippen molar-refractivity contribution < 1.29 is 26.3 Å². The van der Waals surface area contributed by atoms with Gasteiger partial charge in [-0.05, 0) is 31.9 Å². The third-order valence-corrected chi connectivity index (χ3v) is 5.25. The Bertz CT molecular complexity index is 329. The summed E-state index contributed by atoms with van der Waals surface area (Å²) in [6.45, 7) is 0. The van der Waals surface area contributed by atoms with Crippen LogP contribution in [0.5, 0.6) is 0 Å². The molecule has 0 aromatic carbocycles. The molecule has 0 spiro atoms. The molecule has 0 aromatic heterocycles. The number of hydrogen-bond donors (Lipinski definition) is 0. The molecule has 0 saturated heterocycles. The third-order valence-electron chi connectivity index (χ3n) is 2.53. The summed E-state index contributed by atoms with van der Waals surface area (Å²) in [7, 11) is 0. The molecule has 0 heterocycles. The van der Waals surface area contributed by atoms with Crippen molar-refractivity contribution in [2.24, 2.45) is 0 Å². The van der Waals surface area contributed by atoms with Crippen LogP contribution in [0.25, 0.3) is 0 Å². The fraction of sp³-hybridized carbons (Fsp3) is 0.667. The second-order valence-electron chi connectivity index (χ2n) is 3.09. The summed E-state index contributed by atoms with van der Waals surface area (Å²) < 4.78 is 70.5. The van der Waals surface area contributed by atoms with E-state index < -0.39 is 32.1 Å². The number of halogens is 8. The van der Waals surface area contributed by atoms with Crippen molar-refractivity contribution in [3.05, 3.63) is 11.7 Å². The van der Waals surface area contributed by atoms with Gasteiger partial charge >= 0.3 is 0 Å². The summed E-state index contributed by atoms with van der Waals surface area (Å²) in [5, 5.41) is 0. The first-order valence-corrected chi connectivity index (χ1v) is 4.85. The van der Waals surface area contributed by atoms with Crippen LogP contribution in [0.2, 0.25) is 0 Å². The normalized spacial score (nSPS) is 61.7. The van der Waals surface area contributed by atoms with E-state index in [9.17, 15) is 26.3 Å². The molecule has 2 rings (SSSR count). The second kappa shape index (κ2) is 2.18. The minimum atomic E-state index is -3.94. The topological polar surface area (TPSA) is 0 Å². The highest BCUT2D eigenvalue weighted by molar-refractivity contribution is 9.13. The zero-order valence-corrected chi connectivity index (χ0v) is 9.20. The van der Waals surface area contributed by atoms with Gasteiger partial charge in [0.25, 0.3) is 20.5 Å². The monoisotopic (exact) mass is 344 g/mol. The van der Waals surface area contributed by atoms with Crippen molar-refractivity contribution in [1.29, 1.82) is 0 Å². The van der Waals surface area contributed by atoms with Gasteiger partial charge in [0.1, 0.15) is 0 Å². The maximum atomic E-state index is 13.2. The van der Waals surface area contributed by atoms with Gasteiger partial charge in [-0.25, -0.2) is 26.3 Å². The Labute approximate surface area is 90.6 Å². The van der Waals surface area contributed by atoms with E-state index in [1.807, 2.05) is 31.9 Å². The van der Waals surface area contributed by atoms with Gasteiger partial charge < -0.3 is 0 Å². The zero-order chi connectivity index (χ0) is 11.2. The molecule has 8 heteroatoms. The summed E-state index contributed by atoms with van der Waals surface area (Å²) in [5.41, 5.74) is -7.88. The Morgan fingerprint density at radius 1 is 0.714 bits per heavy atom. The van der Waals surface area contributed by atoms with Crippen LogP contribution in [-0.2, 0) is 0 Å². The van der Waals surface area contributed by atoms with Gasteiger partial charge in [-0.3, -0.25) is 0 Å². The lowest BCUT2D eigenvalue weighted by molar-refractivity contribution is -0.271. The molecule has 14 heavy (non-hydrogen) atoms. The summed E-state index contributed by atoms with van der Waals surface area (Å²) in [4.78, 5) is 0. The Balaban J connectivity index is 2.65. The van der Waals surface area contributed by atoms with E-state index in [1.165, 1.54) is 0 Å². The SMILES string of the molecule is FC1=C(F)C2(F)C1(F)[C@](F)(Br)[C@]2(F)Br. The summed E-state index contributed by atoms with van der Waals surface area (Å²) in [6, 6.07) is 0. The third kappa shape index (κ3) is 0.572. The van der Waals surface area contributed by atoms with Crippen molar-refractivity contribution in [2.45, 2.75) is 20.5 Å². The van der Waals surface area contributed by atoms with Crippen molar-refractivity contribution in [3.8, 4) is 0 Å². The Kier molecular flexibility index (Phi) is 1.68. The molecular formula is C6Br2F6. The maximum Gasteiger partial charge on any atom is 0.256 e. The van der Waals surface area contributed by atoms with Crippen LogP contribution in [0.15, 0.2) is 11.7 Å². The van der Waals surface area contributed by atoms with Crippen LogP contribution in [0.3, 0.4) is 0 Å². The fourth-order valence-corrected chi connectivity index (χ4v) is 3.06. The first-order chi connectivity index (χ1) is 6.07. The van der Waals surface area contributed by atoms with E-state index in [1.54, 1.807) is 0 Å².